The molecule has 3 rings (SSSR count). The number of benzene rings is 1. The first-order valence-corrected chi connectivity index (χ1v) is 9.74. The molecule has 0 atom stereocenters. The van der Waals surface area contributed by atoms with E-state index in [1.807, 2.05) is 25.1 Å². The zero-order chi connectivity index (χ0) is 19.6. The highest BCUT2D eigenvalue weighted by Crippen LogP contribution is 2.36. The molecular formula is C18H17Cl2N3O3S. The number of anilines is 1. The van der Waals surface area contributed by atoms with Crippen molar-refractivity contribution in [1.82, 2.24) is 9.97 Å². The van der Waals surface area contributed by atoms with Crippen molar-refractivity contribution < 1.29 is 14.3 Å². The Bertz CT molecular complexity index is 981. The second-order valence-electron chi connectivity index (χ2n) is 5.66. The molecule has 0 spiro atoms. The van der Waals surface area contributed by atoms with Gasteiger partial charge in [-0.2, -0.15) is 0 Å². The second kappa shape index (κ2) is 8.29. The van der Waals surface area contributed by atoms with Crippen molar-refractivity contribution in [2.75, 3.05) is 18.5 Å². The summed E-state index contributed by atoms with van der Waals surface area (Å²) >= 11 is 13.7. The fourth-order valence-corrected chi connectivity index (χ4v) is 3.70. The van der Waals surface area contributed by atoms with Crippen LogP contribution in [0.15, 0.2) is 18.2 Å². The number of amides is 1. The highest BCUT2D eigenvalue weighted by molar-refractivity contribution is 7.22. The van der Waals surface area contributed by atoms with Crippen LogP contribution in [0.3, 0.4) is 0 Å². The molecule has 0 aliphatic carbocycles. The molecule has 2 heterocycles. The van der Waals surface area contributed by atoms with Gasteiger partial charge in [-0.3, -0.25) is 15.1 Å². The largest absolute Gasteiger partial charge is 0.494 e. The summed E-state index contributed by atoms with van der Waals surface area (Å²) in [5.74, 6) is 0.631. The number of ether oxygens (including phenoxy) is 2. The molecule has 6 nitrogen and oxygen atoms in total. The van der Waals surface area contributed by atoms with Gasteiger partial charge in [-0.05, 0) is 32.9 Å². The molecule has 1 aromatic carbocycles. The third kappa shape index (κ3) is 4.43. The number of nitrogens with zero attached hydrogens (tertiary/aromatic N) is 2. The Kier molecular flexibility index (Phi) is 6.04. The van der Waals surface area contributed by atoms with Gasteiger partial charge in [0, 0.05) is 6.07 Å². The van der Waals surface area contributed by atoms with Crippen LogP contribution >= 0.6 is 34.5 Å². The Morgan fingerprint density at radius 1 is 1.15 bits per heavy atom. The van der Waals surface area contributed by atoms with E-state index in [0.29, 0.717) is 33.2 Å². The number of carbonyl (C=O) groups excluding carboxylic acids is 1. The molecule has 1 N–H and O–H groups in total. The lowest BCUT2D eigenvalue weighted by atomic mass is 10.3. The van der Waals surface area contributed by atoms with Gasteiger partial charge in [0.25, 0.3) is 5.91 Å². The van der Waals surface area contributed by atoms with Crippen LogP contribution in [0.1, 0.15) is 18.3 Å². The molecule has 2 aromatic heterocycles. The monoisotopic (exact) mass is 425 g/mol. The number of pyridine rings is 1. The number of rotatable bonds is 6. The molecule has 0 aliphatic rings. The number of nitrogens with one attached hydrogen (secondary N) is 1. The smallest absolute Gasteiger partial charge is 0.264 e. The summed E-state index contributed by atoms with van der Waals surface area (Å²) in [6.07, 6.45) is 0. The molecule has 9 heteroatoms. The summed E-state index contributed by atoms with van der Waals surface area (Å²) in [6.45, 7) is 5.74. The third-order valence-corrected chi connectivity index (χ3v) is 5.48. The van der Waals surface area contributed by atoms with Crippen LogP contribution in [-0.4, -0.2) is 29.1 Å². The summed E-state index contributed by atoms with van der Waals surface area (Å²) in [4.78, 5) is 20.8. The highest BCUT2D eigenvalue weighted by Gasteiger charge is 2.16. The van der Waals surface area contributed by atoms with Crippen molar-refractivity contribution >= 4 is 55.8 Å². The standard InChI is InChI=1S/C18H17Cl2N3O3S/c1-4-25-11-5-6-13-12(7-11)22-18(27-13)23-14(24)8-26-17-15(19)9(2)21-10(3)16(17)20/h5-7H,4,8H2,1-3H3,(H,22,23,24). The van der Waals surface area contributed by atoms with Gasteiger partial charge >= 0.3 is 0 Å². The van der Waals surface area contributed by atoms with Crippen molar-refractivity contribution in [3.05, 3.63) is 39.6 Å². The number of aromatic nitrogens is 2. The number of fused-ring (bicyclic) bond motifs is 1. The fraction of sp³-hybridized carbons (Fsp3) is 0.278. The maximum Gasteiger partial charge on any atom is 0.264 e. The summed E-state index contributed by atoms with van der Waals surface area (Å²) in [5, 5.41) is 3.79. The lowest BCUT2D eigenvalue weighted by molar-refractivity contribution is -0.118. The predicted octanol–water partition coefficient (Wildman–Crippen LogP) is 5.03. The van der Waals surface area contributed by atoms with E-state index in [2.05, 4.69) is 15.3 Å². The lowest BCUT2D eigenvalue weighted by Gasteiger charge is -2.12. The van der Waals surface area contributed by atoms with E-state index in [-0.39, 0.29) is 18.3 Å². The van der Waals surface area contributed by atoms with Crippen molar-refractivity contribution in [2.45, 2.75) is 20.8 Å². The summed E-state index contributed by atoms with van der Waals surface area (Å²) < 4.78 is 11.9. The van der Waals surface area contributed by atoms with Crippen LogP contribution in [0.4, 0.5) is 5.13 Å². The first kappa shape index (κ1) is 19.7. The van der Waals surface area contributed by atoms with Crippen LogP contribution < -0.4 is 14.8 Å². The Hall–Kier alpha value is -2.09. The van der Waals surface area contributed by atoms with E-state index < -0.39 is 0 Å². The molecule has 0 unspecified atom stereocenters. The average molecular weight is 426 g/mol. The van der Waals surface area contributed by atoms with E-state index in [4.69, 9.17) is 32.7 Å². The molecule has 0 fully saturated rings. The minimum Gasteiger partial charge on any atom is -0.494 e. The normalized spacial score (nSPS) is 10.9. The highest BCUT2D eigenvalue weighted by atomic mass is 35.5. The minimum atomic E-state index is -0.363. The van der Waals surface area contributed by atoms with Crippen molar-refractivity contribution in [2.24, 2.45) is 0 Å². The molecule has 0 saturated heterocycles. The number of thiazole rings is 1. The minimum absolute atomic E-state index is 0.248. The Morgan fingerprint density at radius 2 is 1.85 bits per heavy atom. The Balaban J connectivity index is 1.69. The number of halogens is 2. The van der Waals surface area contributed by atoms with Gasteiger partial charge in [-0.1, -0.05) is 34.5 Å². The van der Waals surface area contributed by atoms with Crippen molar-refractivity contribution in [3.63, 3.8) is 0 Å². The van der Waals surface area contributed by atoms with Gasteiger partial charge in [0.05, 0.1) is 28.2 Å². The topological polar surface area (TPSA) is 73.3 Å². The first-order valence-electron chi connectivity index (χ1n) is 8.17. The van der Waals surface area contributed by atoms with Gasteiger partial charge in [0.1, 0.15) is 15.8 Å². The summed E-state index contributed by atoms with van der Waals surface area (Å²) in [6, 6.07) is 5.62. The maximum absolute atomic E-state index is 12.2. The summed E-state index contributed by atoms with van der Waals surface area (Å²) in [5.41, 5.74) is 1.93. The molecule has 0 radical (unpaired) electrons. The predicted molar refractivity (Wildman–Crippen MR) is 109 cm³/mol. The van der Waals surface area contributed by atoms with Crippen LogP contribution in [0.5, 0.6) is 11.5 Å². The average Bonchev–Trinajstić information content (AvgIpc) is 3.01. The summed E-state index contributed by atoms with van der Waals surface area (Å²) in [7, 11) is 0. The Labute approximate surface area is 170 Å². The molecule has 3 aromatic rings. The Morgan fingerprint density at radius 3 is 2.52 bits per heavy atom. The van der Waals surface area contributed by atoms with E-state index in [9.17, 15) is 4.79 Å². The number of aryl methyl sites for hydroxylation is 2. The lowest BCUT2D eigenvalue weighted by Crippen LogP contribution is -2.20. The van der Waals surface area contributed by atoms with Gasteiger partial charge in [-0.15, -0.1) is 0 Å². The van der Waals surface area contributed by atoms with Crippen LogP contribution in [0.25, 0.3) is 10.2 Å². The van der Waals surface area contributed by atoms with E-state index >= 15 is 0 Å². The van der Waals surface area contributed by atoms with Crippen LogP contribution in [0, 0.1) is 13.8 Å². The van der Waals surface area contributed by atoms with Crippen molar-refractivity contribution in [3.8, 4) is 11.5 Å². The molecule has 142 valence electrons. The second-order valence-corrected chi connectivity index (χ2v) is 7.44. The fourth-order valence-electron chi connectivity index (χ4n) is 2.41. The third-order valence-electron chi connectivity index (χ3n) is 3.63. The van der Waals surface area contributed by atoms with Crippen molar-refractivity contribution in [1.29, 1.82) is 0 Å². The van der Waals surface area contributed by atoms with E-state index in [0.717, 1.165) is 16.0 Å². The van der Waals surface area contributed by atoms with E-state index in [1.54, 1.807) is 13.8 Å². The number of hydrogen-bond acceptors (Lipinski definition) is 6. The van der Waals surface area contributed by atoms with Gasteiger partial charge < -0.3 is 9.47 Å². The number of carbonyl (C=O) groups is 1. The quantitative estimate of drug-likeness (QED) is 0.599. The molecule has 27 heavy (non-hydrogen) atoms. The zero-order valence-corrected chi connectivity index (χ0v) is 17.3. The molecule has 0 saturated carbocycles. The van der Waals surface area contributed by atoms with Gasteiger partial charge in [0.2, 0.25) is 0 Å². The zero-order valence-electron chi connectivity index (χ0n) is 14.9. The maximum atomic E-state index is 12.2. The SMILES string of the molecule is CCOc1ccc2sc(NC(=O)COc3c(Cl)c(C)nc(C)c3Cl)nc2c1. The van der Waals surface area contributed by atoms with Gasteiger partial charge in [0.15, 0.2) is 17.5 Å². The molecule has 0 bridgehead atoms. The molecular weight excluding hydrogens is 409 g/mol. The van der Waals surface area contributed by atoms with E-state index in [1.165, 1.54) is 11.3 Å². The molecule has 1 amide bonds. The molecule has 0 aliphatic heterocycles. The van der Waals surface area contributed by atoms with Crippen LogP contribution in [-0.2, 0) is 4.79 Å². The van der Waals surface area contributed by atoms with Crippen LogP contribution in [0.2, 0.25) is 10.0 Å². The number of hydrogen-bond donors (Lipinski definition) is 1. The first-order chi connectivity index (χ1) is 12.9. The van der Waals surface area contributed by atoms with Gasteiger partial charge in [-0.25, -0.2) is 4.98 Å².